The Morgan fingerprint density at radius 2 is 1.81 bits per heavy atom. The van der Waals surface area contributed by atoms with E-state index in [1.54, 1.807) is 55.6 Å². The van der Waals surface area contributed by atoms with Crippen molar-refractivity contribution in [1.82, 2.24) is 15.1 Å². The fraction of sp³-hybridized carbons (Fsp3) is 0.250. The second-order valence-electron chi connectivity index (χ2n) is 6.09. The summed E-state index contributed by atoms with van der Waals surface area (Å²) in [5, 5.41) is 8.28. The van der Waals surface area contributed by atoms with Gasteiger partial charge in [0, 0.05) is 11.4 Å². The molecule has 0 saturated heterocycles. The summed E-state index contributed by atoms with van der Waals surface area (Å²) in [4.78, 5) is 25.6. The van der Waals surface area contributed by atoms with Crippen LogP contribution in [0.1, 0.15) is 30.8 Å². The molecular weight excluding hydrogens is 330 g/mol. The molecule has 0 spiro atoms. The third-order valence-corrected chi connectivity index (χ3v) is 4.33. The van der Waals surface area contributed by atoms with E-state index >= 15 is 0 Å². The smallest absolute Gasteiger partial charge is 0.279 e. The van der Waals surface area contributed by atoms with Gasteiger partial charge in [-0.05, 0) is 43.7 Å². The van der Waals surface area contributed by atoms with Crippen LogP contribution in [0.2, 0.25) is 0 Å². The molecule has 6 heteroatoms. The molecule has 0 unspecified atom stereocenters. The van der Waals surface area contributed by atoms with Crippen molar-refractivity contribution >= 4 is 16.7 Å². The molecule has 0 aliphatic heterocycles. The number of hydrogen-bond donors (Lipinski definition) is 1. The minimum Gasteiger partial charge on any atom is -0.497 e. The molecular formula is C20H21N3O3. The van der Waals surface area contributed by atoms with Crippen LogP contribution in [0.4, 0.5) is 0 Å². The Labute approximate surface area is 151 Å². The Bertz CT molecular complexity index is 993. The number of nitrogens with one attached hydrogen (secondary N) is 1. The maximum Gasteiger partial charge on any atom is 0.279 e. The molecule has 0 radical (unpaired) electrons. The van der Waals surface area contributed by atoms with Crippen molar-refractivity contribution in [2.24, 2.45) is 0 Å². The largest absolute Gasteiger partial charge is 0.497 e. The zero-order valence-electron chi connectivity index (χ0n) is 15.0. The van der Waals surface area contributed by atoms with Crippen molar-refractivity contribution in [3.63, 3.8) is 0 Å². The van der Waals surface area contributed by atoms with Gasteiger partial charge in [-0.1, -0.05) is 25.1 Å². The van der Waals surface area contributed by atoms with Crippen LogP contribution in [-0.4, -0.2) is 28.8 Å². The van der Waals surface area contributed by atoms with Gasteiger partial charge in [-0.3, -0.25) is 9.59 Å². The number of ether oxygens (including phenoxy) is 1. The van der Waals surface area contributed by atoms with Crippen LogP contribution >= 0.6 is 0 Å². The lowest BCUT2D eigenvalue weighted by Crippen LogP contribution is -2.34. The van der Waals surface area contributed by atoms with Gasteiger partial charge in [0.1, 0.15) is 5.75 Å². The molecule has 26 heavy (non-hydrogen) atoms. The average Bonchev–Trinajstić information content (AvgIpc) is 2.68. The van der Waals surface area contributed by atoms with Gasteiger partial charge in [0.15, 0.2) is 5.69 Å². The van der Waals surface area contributed by atoms with E-state index in [1.807, 2.05) is 13.8 Å². The SMILES string of the molecule is CC[C@@H](C)NC(=O)c1nn(-c2ccc(OC)cc2)c(=O)c2ccccc12. The number of aromatic nitrogens is 2. The number of carbonyl (C=O) groups is 1. The molecule has 0 aliphatic rings. The van der Waals surface area contributed by atoms with Crippen molar-refractivity contribution in [3.05, 3.63) is 64.6 Å². The number of hydrogen-bond acceptors (Lipinski definition) is 4. The molecule has 0 bridgehead atoms. The summed E-state index contributed by atoms with van der Waals surface area (Å²) in [6.07, 6.45) is 0.807. The number of methoxy groups -OCH3 is 1. The molecule has 1 N–H and O–H groups in total. The Morgan fingerprint density at radius 3 is 2.42 bits per heavy atom. The van der Waals surface area contributed by atoms with Crippen molar-refractivity contribution in [3.8, 4) is 11.4 Å². The Kier molecular flexibility index (Phi) is 5.02. The van der Waals surface area contributed by atoms with E-state index in [0.29, 0.717) is 22.2 Å². The number of nitrogens with zero attached hydrogens (tertiary/aromatic N) is 2. The monoisotopic (exact) mass is 351 g/mol. The first kappa shape index (κ1) is 17.7. The second kappa shape index (κ2) is 7.39. The highest BCUT2D eigenvalue weighted by atomic mass is 16.5. The summed E-state index contributed by atoms with van der Waals surface area (Å²) >= 11 is 0. The van der Waals surface area contributed by atoms with Gasteiger partial charge in [-0.25, -0.2) is 0 Å². The van der Waals surface area contributed by atoms with E-state index in [2.05, 4.69) is 10.4 Å². The molecule has 0 aliphatic carbocycles. The van der Waals surface area contributed by atoms with Gasteiger partial charge >= 0.3 is 0 Å². The van der Waals surface area contributed by atoms with E-state index in [-0.39, 0.29) is 23.2 Å². The second-order valence-corrected chi connectivity index (χ2v) is 6.09. The lowest BCUT2D eigenvalue weighted by atomic mass is 10.1. The molecule has 134 valence electrons. The van der Waals surface area contributed by atoms with Crippen molar-refractivity contribution in [2.45, 2.75) is 26.3 Å². The molecule has 1 atom stereocenters. The quantitative estimate of drug-likeness (QED) is 0.767. The number of rotatable bonds is 5. The molecule has 2 aromatic carbocycles. The molecule has 1 heterocycles. The predicted octanol–water partition coefficient (Wildman–Crippen LogP) is 2.92. The first-order valence-electron chi connectivity index (χ1n) is 8.52. The van der Waals surface area contributed by atoms with Gasteiger partial charge in [0.2, 0.25) is 0 Å². The molecule has 6 nitrogen and oxygen atoms in total. The van der Waals surface area contributed by atoms with Crippen LogP contribution < -0.4 is 15.6 Å². The minimum atomic E-state index is -0.294. The molecule has 3 rings (SSSR count). The van der Waals surface area contributed by atoms with Crippen LogP contribution in [0, 0.1) is 0 Å². The lowest BCUT2D eigenvalue weighted by molar-refractivity contribution is 0.0934. The van der Waals surface area contributed by atoms with Crippen molar-refractivity contribution in [2.75, 3.05) is 7.11 Å². The summed E-state index contributed by atoms with van der Waals surface area (Å²) in [6, 6.07) is 14.0. The van der Waals surface area contributed by atoms with Crippen LogP contribution in [0.5, 0.6) is 5.75 Å². The normalized spacial score (nSPS) is 12.0. The Morgan fingerprint density at radius 1 is 1.15 bits per heavy atom. The maximum absolute atomic E-state index is 12.9. The molecule has 1 aromatic heterocycles. The summed E-state index contributed by atoms with van der Waals surface area (Å²) in [5.41, 5.74) is 0.529. The van der Waals surface area contributed by atoms with Crippen LogP contribution in [0.15, 0.2) is 53.3 Å². The van der Waals surface area contributed by atoms with Crippen LogP contribution in [-0.2, 0) is 0 Å². The molecule has 0 saturated carbocycles. The van der Waals surface area contributed by atoms with Gasteiger partial charge in [-0.2, -0.15) is 9.78 Å². The average molecular weight is 351 g/mol. The molecule has 1 amide bonds. The number of fused-ring (bicyclic) bond motifs is 1. The maximum atomic E-state index is 12.9. The summed E-state index contributed by atoms with van der Waals surface area (Å²) in [7, 11) is 1.58. The van der Waals surface area contributed by atoms with E-state index < -0.39 is 0 Å². The zero-order valence-corrected chi connectivity index (χ0v) is 15.0. The fourth-order valence-electron chi connectivity index (χ4n) is 2.65. The van der Waals surface area contributed by atoms with Gasteiger partial charge in [-0.15, -0.1) is 0 Å². The standard InChI is InChI=1S/C20H21N3O3/c1-4-13(2)21-19(24)18-16-7-5-6-8-17(16)20(25)23(22-18)14-9-11-15(26-3)12-10-14/h5-13H,4H2,1-3H3,(H,21,24)/t13-/m1/s1. The zero-order chi connectivity index (χ0) is 18.7. The third kappa shape index (κ3) is 3.31. The lowest BCUT2D eigenvalue weighted by Gasteiger charge is -2.14. The molecule has 0 fully saturated rings. The number of carbonyl (C=O) groups excluding carboxylic acids is 1. The minimum absolute atomic E-state index is 0.0180. The van der Waals surface area contributed by atoms with Crippen LogP contribution in [0.25, 0.3) is 16.5 Å². The third-order valence-electron chi connectivity index (χ3n) is 4.33. The van der Waals surface area contributed by atoms with E-state index in [4.69, 9.17) is 4.74 Å². The summed E-state index contributed by atoms with van der Waals surface area (Å²) in [6.45, 7) is 3.92. The number of amides is 1. The van der Waals surface area contributed by atoms with Gasteiger partial charge in [0.05, 0.1) is 18.2 Å². The first-order chi connectivity index (χ1) is 12.5. The first-order valence-corrected chi connectivity index (χ1v) is 8.52. The van der Waals surface area contributed by atoms with E-state index in [1.165, 1.54) is 4.68 Å². The highest BCUT2D eigenvalue weighted by Gasteiger charge is 2.18. The molecule has 3 aromatic rings. The Balaban J connectivity index is 2.19. The fourth-order valence-corrected chi connectivity index (χ4v) is 2.65. The van der Waals surface area contributed by atoms with Crippen LogP contribution in [0.3, 0.4) is 0 Å². The van der Waals surface area contributed by atoms with Gasteiger partial charge < -0.3 is 10.1 Å². The summed E-state index contributed by atoms with van der Waals surface area (Å²) in [5.74, 6) is 0.384. The highest BCUT2D eigenvalue weighted by molar-refractivity contribution is 6.04. The Hall–Kier alpha value is -3.15. The number of benzene rings is 2. The van der Waals surface area contributed by atoms with E-state index in [9.17, 15) is 9.59 Å². The summed E-state index contributed by atoms with van der Waals surface area (Å²) < 4.78 is 6.41. The topological polar surface area (TPSA) is 73.2 Å². The highest BCUT2D eigenvalue weighted by Crippen LogP contribution is 2.17. The predicted molar refractivity (Wildman–Crippen MR) is 101 cm³/mol. The van der Waals surface area contributed by atoms with Gasteiger partial charge in [0.25, 0.3) is 11.5 Å². The van der Waals surface area contributed by atoms with Crippen molar-refractivity contribution < 1.29 is 9.53 Å². The van der Waals surface area contributed by atoms with E-state index in [0.717, 1.165) is 6.42 Å². The van der Waals surface area contributed by atoms with Crippen molar-refractivity contribution in [1.29, 1.82) is 0 Å².